The monoisotopic (exact) mass is 208 g/mol. The van der Waals surface area contributed by atoms with E-state index in [9.17, 15) is 0 Å². The lowest BCUT2D eigenvalue weighted by Gasteiger charge is -2.26. The van der Waals surface area contributed by atoms with E-state index in [-0.39, 0.29) is 0 Å². The second-order valence-corrected chi connectivity index (χ2v) is 4.19. The van der Waals surface area contributed by atoms with Gasteiger partial charge in [-0.15, -0.1) is 0 Å². The highest BCUT2D eigenvalue weighted by Gasteiger charge is 2.09. The first-order chi connectivity index (χ1) is 7.36. The second kappa shape index (κ2) is 5.16. The lowest BCUT2D eigenvalue weighted by atomic mass is 10.1. The fraction of sp³-hybridized carbons (Fsp3) is 0.727. The Morgan fingerprint density at radius 3 is 2.80 bits per heavy atom. The molecule has 1 N–H and O–H groups in total. The van der Waals surface area contributed by atoms with Crippen molar-refractivity contribution in [3.63, 3.8) is 0 Å². The van der Waals surface area contributed by atoms with Crippen molar-refractivity contribution in [2.24, 2.45) is 7.05 Å². The maximum Gasteiger partial charge on any atom is 0.202 e. The average Bonchev–Trinajstić information content (AvgIpc) is 2.66. The van der Waals surface area contributed by atoms with Crippen LogP contribution in [-0.2, 0) is 7.05 Å². The van der Waals surface area contributed by atoms with Crippen molar-refractivity contribution in [1.82, 2.24) is 14.5 Å². The highest BCUT2D eigenvalue weighted by molar-refractivity contribution is 5.24. The Morgan fingerprint density at radius 1 is 1.33 bits per heavy atom. The van der Waals surface area contributed by atoms with Gasteiger partial charge < -0.3 is 14.8 Å². The minimum absolute atomic E-state index is 0.965. The lowest BCUT2D eigenvalue weighted by Crippen LogP contribution is -2.33. The summed E-state index contributed by atoms with van der Waals surface area (Å²) in [5.74, 6) is 0.965. The molecular formula is C11H20N4. The molecule has 0 amide bonds. The van der Waals surface area contributed by atoms with Gasteiger partial charge in [-0.2, -0.15) is 0 Å². The Bertz CT molecular complexity index is 289. The third-order valence-electron chi connectivity index (χ3n) is 2.98. The van der Waals surface area contributed by atoms with Gasteiger partial charge in [0.2, 0.25) is 5.95 Å². The highest BCUT2D eigenvalue weighted by Crippen LogP contribution is 2.08. The molecule has 1 aromatic heterocycles. The molecule has 0 atom stereocenters. The van der Waals surface area contributed by atoms with Crippen LogP contribution in [0, 0.1) is 0 Å². The van der Waals surface area contributed by atoms with Crippen molar-refractivity contribution in [2.45, 2.75) is 19.3 Å². The van der Waals surface area contributed by atoms with Crippen LogP contribution in [0.2, 0.25) is 0 Å². The van der Waals surface area contributed by atoms with Crippen molar-refractivity contribution in [3.8, 4) is 0 Å². The van der Waals surface area contributed by atoms with E-state index in [4.69, 9.17) is 0 Å². The summed E-state index contributed by atoms with van der Waals surface area (Å²) in [7, 11) is 2.01. The summed E-state index contributed by atoms with van der Waals surface area (Å²) < 4.78 is 2.01. The molecule has 1 aliphatic rings. The van der Waals surface area contributed by atoms with Crippen LogP contribution in [0.3, 0.4) is 0 Å². The van der Waals surface area contributed by atoms with Crippen LogP contribution in [0.25, 0.3) is 0 Å². The summed E-state index contributed by atoms with van der Waals surface area (Å²) in [5, 5.41) is 3.35. The first kappa shape index (κ1) is 10.5. The van der Waals surface area contributed by atoms with Crippen LogP contribution >= 0.6 is 0 Å². The molecule has 1 aliphatic heterocycles. The quantitative estimate of drug-likeness (QED) is 0.810. The van der Waals surface area contributed by atoms with Gasteiger partial charge in [0.25, 0.3) is 0 Å². The zero-order chi connectivity index (χ0) is 10.5. The predicted molar refractivity (Wildman–Crippen MR) is 62.0 cm³/mol. The minimum Gasteiger partial charge on any atom is -0.354 e. The number of piperidine rings is 1. The Balaban J connectivity index is 1.68. The zero-order valence-electron chi connectivity index (χ0n) is 9.45. The fourth-order valence-corrected chi connectivity index (χ4v) is 2.04. The second-order valence-electron chi connectivity index (χ2n) is 4.19. The molecule has 84 valence electrons. The number of nitrogens with zero attached hydrogens (tertiary/aromatic N) is 3. The van der Waals surface area contributed by atoms with Crippen LogP contribution < -0.4 is 5.32 Å². The van der Waals surface area contributed by atoms with Crippen LogP contribution in [-0.4, -0.2) is 40.6 Å². The van der Waals surface area contributed by atoms with E-state index < -0.39 is 0 Å². The normalized spacial score (nSPS) is 17.9. The van der Waals surface area contributed by atoms with Gasteiger partial charge in [-0.3, -0.25) is 0 Å². The minimum atomic E-state index is 0.965. The van der Waals surface area contributed by atoms with Gasteiger partial charge in [0.1, 0.15) is 0 Å². The molecule has 0 unspecified atom stereocenters. The Morgan fingerprint density at radius 2 is 2.13 bits per heavy atom. The van der Waals surface area contributed by atoms with E-state index in [0.717, 1.165) is 19.0 Å². The number of aromatic nitrogens is 2. The van der Waals surface area contributed by atoms with E-state index in [2.05, 4.69) is 15.2 Å². The number of rotatable bonds is 4. The SMILES string of the molecule is Cn1ccnc1NCCN1CCCCC1. The summed E-state index contributed by atoms with van der Waals surface area (Å²) in [5.41, 5.74) is 0. The van der Waals surface area contributed by atoms with Crippen molar-refractivity contribution in [1.29, 1.82) is 0 Å². The molecular weight excluding hydrogens is 188 g/mol. The van der Waals surface area contributed by atoms with Crippen molar-refractivity contribution in [2.75, 3.05) is 31.5 Å². The molecule has 0 radical (unpaired) electrons. The Labute approximate surface area is 91.3 Å². The van der Waals surface area contributed by atoms with Gasteiger partial charge in [0, 0.05) is 32.5 Å². The zero-order valence-corrected chi connectivity index (χ0v) is 9.45. The molecule has 0 spiro atoms. The van der Waals surface area contributed by atoms with Gasteiger partial charge >= 0.3 is 0 Å². The van der Waals surface area contributed by atoms with Gasteiger partial charge in [-0.25, -0.2) is 4.98 Å². The Kier molecular flexibility index (Phi) is 3.61. The third-order valence-corrected chi connectivity index (χ3v) is 2.98. The molecule has 15 heavy (non-hydrogen) atoms. The predicted octanol–water partition coefficient (Wildman–Crippen LogP) is 1.32. The summed E-state index contributed by atoms with van der Waals surface area (Å²) in [6.07, 6.45) is 7.92. The number of likely N-dealkylation sites (tertiary alicyclic amines) is 1. The van der Waals surface area contributed by atoms with Gasteiger partial charge in [-0.05, 0) is 25.9 Å². The first-order valence-corrected chi connectivity index (χ1v) is 5.80. The molecule has 2 heterocycles. The number of hydrogen-bond donors (Lipinski definition) is 1. The number of hydrogen-bond acceptors (Lipinski definition) is 3. The van der Waals surface area contributed by atoms with E-state index in [1.165, 1.54) is 32.4 Å². The number of aryl methyl sites for hydroxylation is 1. The average molecular weight is 208 g/mol. The molecule has 4 nitrogen and oxygen atoms in total. The molecule has 0 aliphatic carbocycles. The van der Waals surface area contributed by atoms with Crippen molar-refractivity contribution < 1.29 is 0 Å². The summed E-state index contributed by atoms with van der Waals surface area (Å²) in [6, 6.07) is 0. The number of nitrogens with one attached hydrogen (secondary N) is 1. The lowest BCUT2D eigenvalue weighted by molar-refractivity contribution is 0.237. The maximum atomic E-state index is 4.23. The van der Waals surface area contributed by atoms with Crippen molar-refractivity contribution in [3.05, 3.63) is 12.4 Å². The van der Waals surface area contributed by atoms with Gasteiger partial charge in [0.15, 0.2) is 0 Å². The van der Waals surface area contributed by atoms with Crippen LogP contribution in [0.4, 0.5) is 5.95 Å². The fourth-order valence-electron chi connectivity index (χ4n) is 2.04. The molecule has 1 saturated heterocycles. The Hall–Kier alpha value is -1.03. The molecule has 2 rings (SSSR count). The van der Waals surface area contributed by atoms with E-state index in [1.807, 2.05) is 24.0 Å². The van der Waals surface area contributed by atoms with E-state index in [1.54, 1.807) is 0 Å². The standard InChI is InChI=1S/C11H20N4/c1-14-9-5-12-11(14)13-6-10-15-7-3-2-4-8-15/h5,9H,2-4,6-8,10H2,1H3,(H,12,13). The topological polar surface area (TPSA) is 33.1 Å². The molecule has 1 fully saturated rings. The largest absolute Gasteiger partial charge is 0.354 e. The molecule has 1 aromatic rings. The van der Waals surface area contributed by atoms with Crippen LogP contribution in [0.15, 0.2) is 12.4 Å². The molecule has 4 heteroatoms. The smallest absolute Gasteiger partial charge is 0.202 e. The number of imidazole rings is 1. The van der Waals surface area contributed by atoms with Crippen LogP contribution in [0.1, 0.15) is 19.3 Å². The first-order valence-electron chi connectivity index (χ1n) is 5.80. The summed E-state index contributed by atoms with van der Waals surface area (Å²) >= 11 is 0. The van der Waals surface area contributed by atoms with E-state index >= 15 is 0 Å². The molecule has 0 bridgehead atoms. The van der Waals surface area contributed by atoms with Crippen LogP contribution in [0.5, 0.6) is 0 Å². The third kappa shape index (κ3) is 2.96. The number of anilines is 1. The van der Waals surface area contributed by atoms with Crippen molar-refractivity contribution >= 4 is 5.95 Å². The highest BCUT2D eigenvalue weighted by atomic mass is 15.2. The van der Waals surface area contributed by atoms with Gasteiger partial charge in [-0.1, -0.05) is 6.42 Å². The summed E-state index contributed by atoms with van der Waals surface area (Å²) in [4.78, 5) is 6.76. The summed E-state index contributed by atoms with van der Waals surface area (Å²) in [6.45, 7) is 4.65. The molecule has 0 aromatic carbocycles. The molecule has 0 saturated carbocycles. The maximum absolute atomic E-state index is 4.23. The van der Waals surface area contributed by atoms with E-state index in [0.29, 0.717) is 0 Å². The van der Waals surface area contributed by atoms with Gasteiger partial charge in [0.05, 0.1) is 0 Å².